The number of carbonyl (C=O) groups excluding carboxylic acids is 1. The summed E-state index contributed by atoms with van der Waals surface area (Å²) >= 11 is 4.37. The van der Waals surface area contributed by atoms with E-state index < -0.39 is 23.2 Å². The van der Waals surface area contributed by atoms with Crippen LogP contribution in [0.1, 0.15) is 23.6 Å². The molecule has 2 aromatic rings. The van der Waals surface area contributed by atoms with Gasteiger partial charge in [0, 0.05) is 5.39 Å². The minimum absolute atomic E-state index is 0.0757. The topological polar surface area (TPSA) is 60.5 Å². The van der Waals surface area contributed by atoms with Crippen molar-refractivity contribution in [2.24, 2.45) is 0 Å². The molecule has 0 radical (unpaired) electrons. The number of benzene rings is 1. The van der Waals surface area contributed by atoms with E-state index in [1.54, 1.807) is 13.0 Å². The van der Waals surface area contributed by atoms with E-state index in [0.717, 1.165) is 6.07 Å². The van der Waals surface area contributed by atoms with Crippen LogP contribution in [0.15, 0.2) is 24.3 Å². The van der Waals surface area contributed by atoms with Crippen LogP contribution in [-0.4, -0.2) is 31.2 Å². The second-order valence-corrected chi connectivity index (χ2v) is 5.55. The summed E-state index contributed by atoms with van der Waals surface area (Å²) in [4.78, 5) is 15.1. The number of nitrogens with zero attached hydrogens (tertiary/aromatic N) is 1. The van der Waals surface area contributed by atoms with Crippen LogP contribution in [0.2, 0.25) is 0 Å². The summed E-state index contributed by atoms with van der Waals surface area (Å²) in [6.45, 7) is 1.87. The van der Waals surface area contributed by atoms with Crippen molar-refractivity contribution in [2.75, 3.05) is 20.3 Å². The van der Waals surface area contributed by atoms with Crippen molar-refractivity contribution in [3.05, 3.63) is 35.5 Å². The SMILES string of the molecule is CCOC(=O)CNC(S)c1ccc(OC)c2nc(C(F)(F)F)ccc12. The van der Waals surface area contributed by atoms with Gasteiger partial charge in [-0.05, 0) is 24.6 Å². The minimum atomic E-state index is -4.56. The quantitative estimate of drug-likeness (QED) is 0.461. The number of rotatable bonds is 6. The summed E-state index contributed by atoms with van der Waals surface area (Å²) in [7, 11) is 1.35. The van der Waals surface area contributed by atoms with Crippen molar-refractivity contribution < 1.29 is 27.4 Å². The van der Waals surface area contributed by atoms with E-state index in [1.807, 2.05) is 0 Å². The van der Waals surface area contributed by atoms with Gasteiger partial charge in [0.15, 0.2) is 0 Å². The van der Waals surface area contributed by atoms with Crippen LogP contribution in [-0.2, 0) is 15.7 Å². The molecule has 1 aromatic heterocycles. The number of methoxy groups -OCH3 is 1. The van der Waals surface area contributed by atoms with Crippen molar-refractivity contribution in [1.82, 2.24) is 10.3 Å². The van der Waals surface area contributed by atoms with Crippen LogP contribution >= 0.6 is 12.6 Å². The Labute approximate surface area is 147 Å². The molecule has 5 nitrogen and oxygen atoms in total. The molecule has 136 valence electrons. The van der Waals surface area contributed by atoms with Crippen LogP contribution in [0.3, 0.4) is 0 Å². The summed E-state index contributed by atoms with van der Waals surface area (Å²) in [5.74, 6) is -0.229. The summed E-state index contributed by atoms with van der Waals surface area (Å²) in [5.41, 5.74) is -0.359. The Morgan fingerprint density at radius 3 is 2.64 bits per heavy atom. The summed E-state index contributed by atoms with van der Waals surface area (Å²) in [5, 5.41) is 2.70. The van der Waals surface area contributed by atoms with Gasteiger partial charge in [-0.25, -0.2) is 4.98 Å². The molecule has 0 aliphatic heterocycles. The van der Waals surface area contributed by atoms with Gasteiger partial charge >= 0.3 is 12.1 Å². The molecule has 1 N–H and O–H groups in total. The molecule has 0 saturated carbocycles. The zero-order valence-electron chi connectivity index (χ0n) is 13.6. The Morgan fingerprint density at radius 2 is 2.04 bits per heavy atom. The van der Waals surface area contributed by atoms with Crippen molar-refractivity contribution >= 4 is 29.5 Å². The minimum Gasteiger partial charge on any atom is -0.494 e. The number of hydrogen-bond acceptors (Lipinski definition) is 6. The largest absolute Gasteiger partial charge is 0.494 e. The van der Waals surface area contributed by atoms with Crippen LogP contribution in [0, 0.1) is 0 Å². The highest BCUT2D eigenvalue weighted by atomic mass is 32.1. The van der Waals surface area contributed by atoms with E-state index in [0.29, 0.717) is 10.9 Å². The van der Waals surface area contributed by atoms with E-state index in [2.05, 4.69) is 22.9 Å². The maximum Gasteiger partial charge on any atom is 0.433 e. The zero-order valence-corrected chi connectivity index (χ0v) is 14.4. The van der Waals surface area contributed by atoms with Gasteiger partial charge in [-0.15, -0.1) is 0 Å². The number of esters is 1. The third-order valence-corrected chi connectivity index (χ3v) is 3.86. The number of pyridine rings is 1. The molecule has 9 heteroatoms. The molecule has 1 atom stereocenters. The van der Waals surface area contributed by atoms with Gasteiger partial charge in [0.1, 0.15) is 17.0 Å². The molecule has 0 aliphatic rings. The Morgan fingerprint density at radius 1 is 1.32 bits per heavy atom. The van der Waals surface area contributed by atoms with Gasteiger partial charge in [-0.2, -0.15) is 25.8 Å². The lowest BCUT2D eigenvalue weighted by molar-refractivity contribution is -0.142. The fraction of sp³-hybridized carbons (Fsp3) is 0.375. The molecule has 0 spiro atoms. The molecule has 1 unspecified atom stereocenters. The van der Waals surface area contributed by atoms with Crippen LogP contribution < -0.4 is 10.1 Å². The van der Waals surface area contributed by atoms with E-state index in [4.69, 9.17) is 9.47 Å². The highest BCUT2D eigenvalue weighted by Crippen LogP contribution is 2.35. The highest BCUT2D eigenvalue weighted by molar-refractivity contribution is 7.80. The zero-order chi connectivity index (χ0) is 18.6. The first-order valence-corrected chi connectivity index (χ1v) is 7.91. The van der Waals surface area contributed by atoms with Gasteiger partial charge in [0.25, 0.3) is 0 Å². The predicted octanol–water partition coefficient (Wildman–Crippen LogP) is 3.34. The predicted molar refractivity (Wildman–Crippen MR) is 89.7 cm³/mol. The van der Waals surface area contributed by atoms with Crippen molar-refractivity contribution in [3.63, 3.8) is 0 Å². The highest BCUT2D eigenvalue weighted by Gasteiger charge is 2.33. The normalized spacial score (nSPS) is 12.9. The average molecular weight is 374 g/mol. The second-order valence-electron chi connectivity index (χ2n) is 5.04. The monoisotopic (exact) mass is 374 g/mol. The molecule has 2 rings (SSSR count). The third kappa shape index (κ3) is 4.55. The Balaban J connectivity index is 2.39. The lowest BCUT2D eigenvalue weighted by Crippen LogP contribution is -2.26. The van der Waals surface area contributed by atoms with Gasteiger partial charge in [-0.1, -0.05) is 12.1 Å². The fourth-order valence-corrected chi connectivity index (χ4v) is 2.59. The Hall–Kier alpha value is -2.00. The smallest absolute Gasteiger partial charge is 0.433 e. The van der Waals surface area contributed by atoms with Gasteiger partial charge < -0.3 is 9.47 Å². The fourth-order valence-electron chi connectivity index (χ4n) is 2.28. The van der Waals surface area contributed by atoms with Gasteiger partial charge in [0.05, 0.1) is 25.6 Å². The molecular formula is C16H17F3N2O3S. The summed E-state index contributed by atoms with van der Waals surface area (Å²) in [6.07, 6.45) is -4.56. The number of carbonyl (C=O) groups is 1. The first kappa shape index (κ1) is 19.3. The molecule has 0 fully saturated rings. The molecule has 1 heterocycles. The molecule has 0 saturated heterocycles. The van der Waals surface area contributed by atoms with Gasteiger partial charge in [0.2, 0.25) is 0 Å². The average Bonchev–Trinajstić information content (AvgIpc) is 2.57. The molecule has 0 amide bonds. The van der Waals surface area contributed by atoms with E-state index in [9.17, 15) is 18.0 Å². The standard InChI is InChI=1S/C16H17F3N2O3S/c1-3-24-13(22)8-20-15(25)10-4-6-11(23-2)14-9(10)5-7-12(21-14)16(17,18)19/h4-7,15,20,25H,3,8H2,1-2H3. The summed E-state index contributed by atoms with van der Waals surface area (Å²) in [6, 6.07) is 5.39. The summed E-state index contributed by atoms with van der Waals surface area (Å²) < 4.78 is 48.7. The second kappa shape index (κ2) is 7.92. The number of hydrogen-bond donors (Lipinski definition) is 2. The lowest BCUT2D eigenvalue weighted by Gasteiger charge is -2.17. The number of ether oxygens (including phenoxy) is 2. The van der Waals surface area contributed by atoms with Gasteiger partial charge in [-0.3, -0.25) is 10.1 Å². The lowest BCUT2D eigenvalue weighted by atomic mass is 10.1. The van der Waals surface area contributed by atoms with Crippen molar-refractivity contribution in [2.45, 2.75) is 18.5 Å². The molecular weight excluding hydrogens is 357 g/mol. The number of thiol groups is 1. The molecule has 1 aromatic carbocycles. The Bertz CT molecular complexity index is 768. The third-order valence-electron chi connectivity index (χ3n) is 3.40. The molecule has 0 bridgehead atoms. The van der Waals surface area contributed by atoms with E-state index in [-0.39, 0.29) is 24.4 Å². The van der Waals surface area contributed by atoms with E-state index in [1.165, 1.54) is 19.2 Å². The van der Waals surface area contributed by atoms with Crippen LogP contribution in [0.4, 0.5) is 13.2 Å². The molecule has 25 heavy (non-hydrogen) atoms. The number of fused-ring (bicyclic) bond motifs is 1. The first-order chi connectivity index (χ1) is 11.8. The van der Waals surface area contributed by atoms with Crippen LogP contribution in [0.5, 0.6) is 5.75 Å². The van der Waals surface area contributed by atoms with Crippen molar-refractivity contribution in [1.29, 1.82) is 0 Å². The number of alkyl halides is 3. The first-order valence-electron chi connectivity index (χ1n) is 7.39. The maximum atomic E-state index is 12.9. The van der Waals surface area contributed by atoms with E-state index >= 15 is 0 Å². The van der Waals surface area contributed by atoms with Crippen LogP contribution in [0.25, 0.3) is 10.9 Å². The number of nitrogens with one attached hydrogen (secondary N) is 1. The molecule has 0 aliphatic carbocycles. The van der Waals surface area contributed by atoms with Crippen molar-refractivity contribution in [3.8, 4) is 5.75 Å². The number of aromatic nitrogens is 1. The number of halogens is 3. The maximum absolute atomic E-state index is 12.9. The Kier molecular flexibility index (Phi) is 6.12.